The number of nitrogens with one attached hydrogen (secondary N) is 1. The summed E-state index contributed by atoms with van der Waals surface area (Å²) in [5, 5.41) is 7.74. The van der Waals surface area contributed by atoms with Crippen molar-refractivity contribution in [1.82, 2.24) is 25.1 Å². The molecule has 0 saturated heterocycles. The first kappa shape index (κ1) is 14.7. The van der Waals surface area contributed by atoms with E-state index in [-0.39, 0.29) is 6.04 Å². The van der Waals surface area contributed by atoms with Crippen LogP contribution < -0.4 is 5.32 Å². The lowest BCUT2D eigenvalue weighted by atomic mass is 10.1. The first-order valence-electron chi connectivity index (χ1n) is 7.19. The minimum atomic E-state index is 0.199. The van der Waals surface area contributed by atoms with Gasteiger partial charge < -0.3 is 5.32 Å². The molecule has 0 radical (unpaired) electrons. The Balaban J connectivity index is 2.03. The van der Waals surface area contributed by atoms with Crippen molar-refractivity contribution in [3.05, 3.63) is 41.7 Å². The van der Waals surface area contributed by atoms with Gasteiger partial charge >= 0.3 is 0 Å². The minimum Gasteiger partial charge on any atom is -0.307 e. The van der Waals surface area contributed by atoms with Crippen LogP contribution in [-0.4, -0.2) is 26.3 Å². The van der Waals surface area contributed by atoms with E-state index in [1.807, 2.05) is 37.2 Å². The van der Waals surface area contributed by atoms with E-state index in [1.165, 1.54) is 5.69 Å². The zero-order chi connectivity index (χ0) is 14.4. The van der Waals surface area contributed by atoms with Crippen molar-refractivity contribution in [2.75, 3.05) is 6.54 Å². The van der Waals surface area contributed by atoms with E-state index in [9.17, 15) is 0 Å². The van der Waals surface area contributed by atoms with E-state index in [4.69, 9.17) is 0 Å². The predicted molar refractivity (Wildman–Crippen MR) is 79.3 cm³/mol. The van der Waals surface area contributed by atoms with Crippen LogP contribution in [0, 0.1) is 6.92 Å². The van der Waals surface area contributed by atoms with Crippen LogP contribution in [0.15, 0.2) is 24.7 Å². The third-order valence-electron chi connectivity index (χ3n) is 3.36. The first-order chi connectivity index (χ1) is 9.70. The highest BCUT2D eigenvalue weighted by Gasteiger charge is 2.14. The summed E-state index contributed by atoms with van der Waals surface area (Å²) in [6, 6.07) is 2.26. The van der Waals surface area contributed by atoms with Crippen molar-refractivity contribution >= 4 is 0 Å². The highest BCUT2D eigenvalue weighted by molar-refractivity contribution is 5.06. The van der Waals surface area contributed by atoms with Gasteiger partial charge in [0, 0.05) is 31.3 Å². The molecule has 0 aliphatic heterocycles. The summed E-state index contributed by atoms with van der Waals surface area (Å²) in [4.78, 5) is 8.92. The normalized spacial score (nSPS) is 12.6. The molecule has 0 saturated carbocycles. The van der Waals surface area contributed by atoms with E-state index in [2.05, 4.69) is 33.4 Å². The van der Waals surface area contributed by atoms with Crippen molar-refractivity contribution in [3.8, 4) is 0 Å². The third-order valence-corrected chi connectivity index (χ3v) is 3.36. The van der Waals surface area contributed by atoms with Gasteiger partial charge in [-0.2, -0.15) is 5.10 Å². The molecule has 0 spiro atoms. The van der Waals surface area contributed by atoms with E-state index in [1.54, 1.807) is 0 Å². The van der Waals surface area contributed by atoms with Gasteiger partial charge in [-0.1, -0.05) is 6.92 Å². The van der Waals surface area contributed by atoms with Gasteiger partial charge in [-0.15, -0.1) is 0 Å². The Hall–Kier alpha value is -1.75. The van der Waals surface area contributed by atoms with E-state index >= 15 is 0 Å². The minimum absolute atomic E-state index is 0.199. The molecular formula is C15H23N5. The molecule has 20 heavy (non-hydrogen) atoms. The van der Waals surface area contributed by atoms with Gasteiger partial charge in [-0.25, -0.2) is 9.97 Å². The molecule has 2 aromatic heterocycles. The highest BCUT2D eigenvalue weighted by Crippen LogP contribution is 2.15. The second-order valence-corrected chi connectivity index (χ2v) is 5.11. The van der Waals surface area contributed by atoms with E-state index < -0.39 is 0 Å². The number of hydrogen-bond donors (Lipinski definition) is 1. The fourth-order valence-electron chi connectivity index (χ4n) is 2.16. The molecule has 0 bridgehead atoms. The summed E-state index contributed by atoms with van der Waals surface area (Å²) in [5.41, 5.74) is 2.33. The SMILES string of the molecule is CCCNC(CCc1ccnn1C)c1ncc(C)cn1. The topological polar surface area (TPSA) is 55.6 Å². The van der Waals surface area contributed by atoms with Crippen molar-refractivity contribution in [2.24, 2.45) is 7.05 Å². The number of rotatable bonds is 7. The molecule has 0 amide bonds. The van der Waals surface area contributed by atoms with Crippen molar-refractivity contribution in [3.63, 3.8) is 0 Å². The molecule has 0 aliphatic rings. The fraction of sp³-hybridized carbons (Fsp3) is 0.533. The van der Waals surface area contributed by atoms with Crippen LogP contribution in [0.1, 0.15) is 42.9 Å². The summed E-state index contributed by atoms with van der Waals surface area (Å²) < 4.78 is 1.92. The molecule has 108 valence electrons. The lowest BCUT2D eigenvalue weighted by molar-refractivity contribution is 0.470. The molecule has 1 atom stereocenters. The van der Waals surface area contributed by atoms with Crippen LogP contribution in [0.2, 0.25) is 0 Å². The average molecular weight is 273 g/mol. The molecule has 2 rings (SSSR count). The fourth-order valence-corrected chi connectivity index (χ4v) is 2.16. The summed E-state index contributed by atoms with van der Waals surface area (Å²) in [6.45, 7) is 5.16. The molecule has 0 aromatic carbocycles. The van der Waals surface area contributed by atoms with Gasteiger partial charge in [0.05, 0.1) is 6.04 Å². The van der Waals surface area contributed by atoms with Gasteiger partial charge in [0.2, 0.25) is 0 Å². The summed E-state index contributed by atoms with van der Waals surface area (Å²) in [7, 11) is 1.98. The standard InChI is InChI=1S/C15H23N5/c1-4-8-16-14(15-17-10-12(2)11-18-15)6-5-13-7-9-19-20(13)3/h7,9-11,14,16H,4-6,8H2,1-3H3. The van der Waals surface area contributed by atoms with Crippen LogP contribution in [-0.2, 0) is 13.5 Å². The van der Waals surface area contributed by atoms with Crippen LogP contribution in [0.25, 0.3) is 0 Å². The summed E-state index contributed by atoms with van der Waals surface area (Å²) in [6.07, 6.45) is 8.65. The zero-order valence-electron chi connectivity index (χ0n) is 12.5. The van der Waals surface area contributed by atoms with Crippen LogP contribution in [0.3, 0.4) is 0 Å². The van der Waals surface area contributed by atoms with Crippen molar-refractivity contribution in [1.29, 1.82) is 0 Å². The Morgan fingerprint density at radius 3 is 2.65 bits per heavy atom. The Morgan fingerprint density at radius 1 is 1.30 bits per heavy atom. The average Bonchev–Trinajstić information content (AvgIpc) is 2.86. The van der Waals surface area contributed by atoms with E-state index in [0.29, 0.717) is 0 Å². The van der Waals surface area contributed by atoms with Gasteiger partial charge in [0.1, 0.15) is 5.82 Å². The lowest BCUT2D eigenvalue weighted by Gasteiger charge is -2.17. The van der Waals surface area contributed by atoms with Crippen LogP contribution in [0.5, 0.6) is 0 Å². The second-order valence-electron chi connectivity index (χ2n) is 5.11. The maximum atomic E-state index is 4.46. The molecule has 0 fully saturated rings. The zero-order valence-corrected chi connectivity index (χ0v) is 12.5. The van der Waals surface area contributed by atoms with Crippen LogP contribution >= 0.6 is 0 Å². The maximum Gasteiger partial charge on any atom is 0.145 e. The Labute approximate surface area is 120 Å². The summed E-state index contributed by atoms with van der Waals surface area (Å²) >= 11 is 0. The van der Waals surface area contributed by atoms with Gasteiger partial charge in [-0.05, 0) is 44.4 Å². The largest absolute Gasteiger partial charge is 0.307 e. The van der Waals surface area contributed by atoms with Crippen molar-refractivity contribution in [2.45, 2.75) is 39.2 Å². The van der Waals surface area contributed by atoms with Gasteiger partial charge in [-0.3, -0.25) is 4.68 Å². The Morgan fingerprint density at radius 2 is 2.05 bits per heavy atom. The van der Waals surface area contributed by atoms with Crippen LogP contribution in [0.4, 0.5) is 0 Å². The molecule has 2 aromatic rings. The quantitative estimate of drug-likeness (QED) is 0.840. The maximum absolute atomic E-state index is 4.46. The summed E-state index contributed by atoms with van der Waals surface area (Å²) in [5.74, 6) is 0.881. The Bertz CT molecular complexity index is 517. The number of aryl methyl sites for hydroxylation is 3. The Kier molecular flexibility index (Phi) is 5.24. The van der Waals surface area contributed by atoms with Gasteiger partial charge in [0.15, 0.2) is 0 Å². The molecule has 5 heteroatoms. The molecular weight excluding hydrogens is 250 g/mol. The molecule has 0 aliphatic carbocycles. The highest BCUT2D eigenvalue weighted by atomic mass is 15.2. The predicted octanol–water partition coefficient (Wildman–Crippen LogP) is 2.19. The number of aromatic nitrogens is 4. The lowest BCUT2D eigenvalue weighted by Crippen LogP contribution is -2.25. The van der Waals surface area contributed by atoms with Crippen molar-refractivity contribution < 1.29 is 0 Å². The third kappa shape index (κ3) is 3.87. The molecule has 1 unspecified atom stereocenters. The number of hydrogen-bond acceptors (Lipinski definition) is 4. The molecule has 5 nitrogen and oxygen atoms in total. The smallest absolute Gasteiger partial charge is 0.145 e. The van der Waals surface area contributed by atoms with Gasteiger partial charge in [0.25, 0.3) is 0 Å². The first-order valence-corrected chi connectivity index (χ1v) is 7.19. The molecule has 2 heterocycles. The van der Waals surface area contributed by atoms with E-state index in [0.717, 1.165) is 37.2 Å². The second kappa shape index (κ2) is 7.14. The number of nitrogens with zero attached hydrogens (tertiary/aromatic N) is 4. The monoisotopic (exact) mass is 273 g/mol. The molecule has 1 N–H and O–H groups in total.